The maximum Gasteiger partial charge on any atom is 0.373 e. The van der Waals surface area contributed by atoms with Gasteiger partial charge in [0.25, 0.3) is 0 Å². The number of allylic oxidation sites excluding steroid dienone is 2. The predicted octanol–water partition coefficient (Wildman–Crippen LogP) is 3.27. The highest BCUT2D eigenvalue weighted by atomic mass is 16.6. The molecule has 1 N–H and O–H groups in total. The number of esters is 1. The summed E-state index contributed by atoms with van der Waals surface area (Å²) in [5.41, 5.74) is 2.75. The Morgan fingerprint density at radius 3 is 2.60 bits per heavy atom. The van der Waals surface area contributed by atoms with Crippen molar-refractivity contribution in [1.29, 1.82) is 0 Å². The van der Waals surface area contributed by atoms with Crippen molar-refractivity contribution < 1.29 is 14.3 Å². The number of carbonyl (C=O) groups excluding carboxylic acids is 1. The molecule has 0 saturated carbocycles. The Morgan fingerprint density at radius 1 is 1.20 bits per heavy atom. The number of fused-ring (bicyclic) bond motifs is 1. The lowest BCUT2D eigenvalue weighted by atomic mass is 10.2. The topological polar surface area (TPSA) is 51.3 Å². The Balaban J connectivity index is 2.27. The van der Waals surface area contributed by atoms with Crippen LogP contribution >= 0.6 is 0 Å². The summed E-state index contributed by atoms with van der Waals surface area (Å²) in [6.45, 7) is 1.80. The van der Waals surface area contributed by atoms with Crippen LogP contribution in [-0.4, -0.2) is 25.2 Å². The van der Waals surface area contributed by atoms with Crippen molar-refractivity contribution in [3.05, 3.63) is 53.4 Å². The number of hydrogen-bond donors (Lipinski definition) is 1. The standard InChI is InChI=1S/C16H17NO3/c1-11(15(19-2)16(18)20-3)8-9-13-10-12-6-4-5-7-14(12)17-13/h4-10,17H,1-3H3/b9-8+,15-11-. The number of hydrogen-bond acceptors (Lipinski definition) is 3. The van der Waals surface area contributed by atoms with Crippen LogP contribution < -0.4 is 0 Å². The molecule has 0 saturated heterocycles. The lowest BCUT2D eigenvalue weighted by molar-refractivity contribution is -0.139. The lowest BCUT2D eigenvalue weighted by Gasteiger charge is -2.05. The highest BCUT2D eigenvalue weighted by molar-refractivity contribution is 5.88. The second-order valence-electron chi connectivity index (χ2n) is 4.35. The van der Waals surface area contributed by atoms with Gasteiger partial charge in [-0.15, -0.1) is 0 Å². The van der Waals surface area contributed by atoms with Gasteiger partial charge in [0.15, 0.2) is 0 Å². The van der Waals surface area contributed by atoms with E-state index in [0.29, 0.717) is 5.57 Å². The zero-order valence-electron chi connectivity index (χ0n) is 11.8. The largest absolute Gasteiger partial charge is 0.490 e. The molecule has 0 bridgehead atoms. The Labute approximate surface area is 117 Å². The Bertz CT molecular complexity index is 647. The minimum absolute atomic E-state index is 0.208. The zero-order chi connectivity index (χ0) is 14.5. The molecule has 0 radical (unpaired) electrons. The fourth-order valence-electron chi connectivity index (χ4n) is 1.97. The van der Waals surface area contributed by atoms with E-state index in [2.05, 4.69) is 9.72 Å². The number of benzene rings is 1. The van der Waals surface area contributed by atoms with Crippen LogP contribution in [0.15, 0.2) is 47.7 Å². The monoisotopic (exact) mass is 271 g/mol. The molecule has 0 spiro atoms. The van der Waals surface area contributed by atoms with Crippen LogP contribution in [0.2, 0.25) is 0 Å². The molecule has 1 heterocycles. The number of ether oxygens (including phenoxy) is 2. The van der Waals surface area contributed by atoms with Crippen LogP contribution in [0.1, 0.15) is 12.6 Å². The molecule has 0 unspecified atom stereocenters. The quantitative estimate of drug-likeness (QED) is 0.402. The lowest BCUT2D eigenvalue weighted by Crippen LogP contribution is -2.08. The molecule has 1 aromatic heterocycles. The van der Waals surface area contributed by atoms with Gasteiger partial charge in [0.05, 0.1) is 14.2 Å². The van der Waals surface area contributed by atoms with Crippen molar-refractivity contribution in [3.8, 4) is 0 Å². The first kappa shape index (κ1) is 13.9. The molecule has 0 atom stereocenters. The third-order valence-electron chi connectivity index (χ3n) is 3.00. The van der Waals surface area contributed by atoms with Crippen molar-refractivity contribution in [2.45, 2.75) is 6.92 Å². The molecule has 2 rings (SSSR count). The van der Waals surface area contributed by atoms with Crippen LogP contribution in [0, 0.1) is 0 Å². The van der Waals surface area contributed by atoms with Gasteiger partial charge < -0.3 is 14.5 Å². The molecule has 0 aliphatic heterocycles. The molecule has 0 aliphatic carbocycles. The van der Waals surface area contributed by atoms with Gasteiger partial charge >= 0.3 is 5.97 Å². The number of carbonyl (C=O) groups is 1. The second-order valence-corrected chi connectivity index (χ2v) is 4.35. The molecule has 20 heavy (non-hydrogen) atoms. The van der Waals surface area contributed by atoms with E-state index in [9.17, 15) is 4.79 Å². The van der Waals surface area contributed by atoms with E-state index < -0.39 is 5.97 Å². The number of H-pyrrole nitrogens is 1. The fraction of sp³-hybridized carbons (Fsp3) is 0.188. The van der Waals surface area contributed by atoms with Gasteiger partial charge in [-0.25, -0.2) is 4.79 Å². The van der Waals surface area contributed by atoms with Gasteiger partial charge in [-0.1, -0.05) is 24.3 Å². The summed E-state index contributed by atoms with van der Waals surface area (Å²) in [5.74, 6) is -0.272. The Hall–Kier alpha value is -2.49. The molecule has 0 amide bonds. The molecular formula is C16H17NO3. The number of methoxy groups -OCH3 is 2. The summed E-state index contributed by atoms with van der Waals surface area (Å²) in [5, 5.41) is 1.15. The maximum atomic E-state index is 11.5. The van der Waals surface area contributed by atoms with Crippen LogP contribution in [0.4, 0.5) is 0 Å². The predicted molar refractivity (Wildman–Crippen MR) is 79.1 cm³/mol. The first-order valence-electron chi connectivity index (χ1n) is 6.24. The first-order chi connectivity index (χ1) is 9.65. The molecule has 1 aromatic carbocycles. The summed E-state index contributed by atoms with van der Waals surface area (Å²) in [6, 6.07) is 10.1. The average molecular weight is 271 g/mol. The third kappa shape index (κ3) is 2.91. The molecular weight excluding hydrogens is 254 g/mol. The van der Waals surface area contributed by atoms with Crippen LogP contribution in [0.25, 0.3) is 17.0 Å². The van der Waals surface area contributed by atoms with E-state index in [1.807, 2.05) is 42.5 Å². The third-order valence-corrected chi connectivity index (χ3v) is 3.00. The van der Waals surface area contributed by atoms with Crippen LogP contribution in [0.3, 0.4) is 0 Å². The minimum atomic E-state index is -0.480. The Morgan fingerprint density at radius 2 is 1.95 bits per heavy atom. The minimum Gasteiger partial charge on any atom is -0.490 e. The SMILES string of the molecule is COC(=O)/C(OC)=C(C)/C=C/c1cc2ccccc2[nH]1. The molecule has 0 fully saturated rings. The van der Waals surface area contributed by atoms with Crippen molar-refractivity contribution >= 4 is 22.9 Å². The van der Waals surface area contributed by atoms with Crippen LogP contribution in [0.5, 0.6) is 0 Å². The van der Waals surface area contributed by atoms with Crippen molar-refractivity contribution in [2.75, 3.05) is 14.2 Å². The molecule has 2 aromatic rings. The number of nitrogens with one attached hydrogen (secondary N) is 1. The van der Waals surface area contributed by atoms with Crippen molar-refractivity contribution in [1.82, 2.24) is 4.98 Å². The first-order valence-corrected chi connectivity index (χ1v) is 6.24. The van der Waals surface area contributed by atoms with Gasteiger partial charge in [0, 0.05) is 11.2 Å². The fourth-order valence-corrected chi connectivity index (χ4v) is 1.97. The molecule has 0 aliphatic rings. The van der Waals surface area contributed by atoms with Gasteiger partial charge in [0.2, 0.25) is 5.76 Å². The normalized spacial score (nSPS) is 12.6. The maximum absolute atomic E-state index is 11.5. The molecule has 4 heteroatoms. The number of rotatable bonds is 4. The number of aromatic amines is 1. The van der Waals surface area contributed by atoms with Crippen LogP contribution in [-0.2, 0) is 14.3 Å². The Kier molecular flexibility index (Phi) is 4.25. The summed E-state index contributed by atoms with van der Waals surface area (Å²) in [4.78, 5) is 14.8. The van der Waals surface area contributed by atoms with E-state index in [1.165, 1.54) is 14.2 Å². The highest BCUT2D eigenvalue weighted by Gasteiger charge is 2.11. The summed E-state index contributed by atoms with van der Waals surface area (Å²) >= 11 is 0. The summed E-state index contributed by atoms with van der Waals surface area (Å²) in [6.07, 6.45) is 3.72. The summed E-state index contributed by atoms with van der Waals surface area (Å²) in [7, 11) is 2.78. The van der Waals surface area contributed by atoms with Crippen molar-refractivity contribution in [3.63, 3.8) is 0 Å². The number of para-hydroxylation sites is 1. The zero-order valence-corrected chi connectivity index (χ0v) is 11.8. The van der Waals surface area contributed by atoms with Crippen molar-refractivity contribution in [2.24, 2.45) is 0 Å². The van der Waals surface area contributed by atoms with E-state index >= 15 is 0 Å². The molecule has 104 valence electrons. The van der Waals surface area contributed by atoms with Gasteiger partial charge in [-0.3, -0.25) is 0 Å². The second kappa shape index (κ2) is 6.10. The summed E-state index contributed by atoms with van der Waals surface area (Å²) < 4.78 is 9.72. The van der Waals surface area contributed by atoms with E-state index in [1.54, 1.807) is 6.92 Å². The van der Waals surface area contributed by atoms with E-state index in [4.69, 9.17) is 4.74 Å². The van der Waals surface area contributed by atoms with Gasteiger partial charge in [-0.2, -0.15) is 0 Å². The number of aromatic nitrogens is 1. The van der Waals surface area contributed by atoms with E-state index in [-0.39, 0.29) is 5.76 Å². The van der Waals surface area contributed by atoms with E-state index in [0.717, 1.165) is 16.6 Å². The smallest absolute Gasteiger partial charge is 0.373 e. The highest BCUT2D eigenvalue weighted by Crippen LogP contribution is 2.17. The van der Waals surface area contributed by atoms with Gasteiger partial charge in [0.1, 0.15) is 0 Å². The average Bonchev–Trinajstić information content (AvgIpc) is 2.88. The van der Waals surface area contributed by atoms with Gasteiger partial charge in [-0.05, 0) is 36.1 Å². The molecule has 4 nitrogen and oxygen atoms in total.